The van der Waals surface area contributed by atoms with Crippen molar-refractivity contribution in [1.29, 1.82) is 0 Å². The summed E-state index contributed by atoms with van der Waals surface area (Å²) in [6, 6.07) is 12.4. The SMILES string of the molecule is Cc1ccc2cccc(Nc3ncnc(Nc4cc(C(F)(F)F)ccc4Cl)c3N)c2n1. The molecule has 6 nitrogen and oxygen atoms in total. The molecule has 0 aliphatic carbocycles. The zero-order valence-electron chi connectivity index (χ0n) is 16.1. The van der Waals surface area contributed by atoms with Crippen LogP contribution in [0.3, 0.4) is 0 Å². The molecule has 158 valence electrons. The predicted octanol–water partition coefficient (Wildman–Crippen LogP) is 6.07. The van der Waals surface area contributed by atoms with E-state index in [1.54, 1.807) is 0 Å². The second-order valence-corrected chi connectivity index (χ2v) is 7.16. The Hall–Kier alpha value is -3.59. The second kappa shape index (κ2) is 7.92. The number of aromatic nitrogens is 3. The molecule has 2 aromatic carbocycles. The number of rotatable bonds is 4. The van der Waals surface area contributed by atoms with E-state index in [9.17, 15) is 13.2 Å². The quantitative estimate of drug-likeness (QED) is 0.354. The van der Waals surface area contributed by atoms with E-state index in [4.69, 9.17) is 17.3 Å². The Labute approximate surface area is 180 Å². The lowest BCUT2D eigenvalue weighted by molar-refractivity contribution is -0.137. The van der Waals surface area contributed by atoms with E-state index in [-0.39, 0.29) is 28.0 Å². The van der Waals surface area contributed by atoms with Gasteiger partial charge in [0.1, 0.15) is 12.0 Å². The van der Waals surface area contributed by atoms with Gasteiger partial charge in [0.25, 0.3) is 0 Å². The van der Waals surface area contributed by atoms with Crippen molar-refractivity contribution in [3.63, 3.8) is 0 Å². The van der Waals surface area contributed by atoms with Gasteiger partial charge in [0.15, 0.2) is 11.6 Å². The first-order chi connectivity index (χ1) is 14.7. The molecule has 0 spiro atoms. The van der Waals surface area contributed by atoms with Gasteiger partial charge in [-0.3, -0.25) is 4.98 Å². The van der Waals surface area contributed by atoms with Crippen molar-refractivity contribution < 1.29 is 13.2 Å². The molecule has 0 aliphatic heterocycles. The minimum atomic E-state index is -4.51. The predicted molar refractivity (Wildman–Crippen MR) is 116 cm³/mol. The Balaban J connectivity index is 1.68. The molecule has 0 radical (unpaired) electrons. The second-order valence-electron chi connectivity index (χ2n) is 6.76. The fourth-order valence-electron chi connectivity index (χ4n) is 2.99. The lowest BCUT2D eigenvalue weighted by Crippen LogP contribution is -2.08. The minimum Gasteiger partial charge on any atom is -0.393 e. The van der Waals surface area contributed by atoms with Crippen molar-refractivity contribution in [1.82, 2.24) is 15.0 Å². The van der Waals surface area contributed by atoms with Crippen LogP contribution in [0.1, 0.15) is 11.3 Å². The van der Waals surface area contributed by atoms with Crippen molar-refractivity contribution in [3.05, 3.63) is 71.1 Å². The van der Waals surface area contributed by atoms with E-state index in [1.165, 1.54) is 6.33 Å². The van der Waals surface area contributed by atoms with Gasteiger partial charge in [-0.15, -0.1) is 0 Å². The number of benzene rings is 2. The summed E-state index contributed by atoms with van der Waals surface area (Å²) in [4.78, 5) is 12.7. The normalized spacial score (nSPS) is 11.5. The molecule has 0 atom stereocenters. The van der Waals surface area contributed by atoms with Gasteiger partial charge in [-0.05, 0) is 37.3 Å². The van der Waals surface area contributed by atoms with E-state index in [1.807, 2.05) is 37.3 Å². The molecular formula is C21H16ClF3N6. The zero-order chi connectivity index (χ0) is 22.2. The van der Waals surface area contributed by atoms with Crippen LogP contribution in [-0.4, -0.2) is 15.0 Å². The van der Waals surface area contributed by atoms with Crippen molar-refractivity contribution >= 4 is 51.2 Å². The number of hydrogen-bond acceptors (Lipinski definition) is 6. The summed E-state index contributed by atoms with van der Waals surface area (Å²) in [7, 11) is 0. The number of nitrogen functional groups attached to an aromatic ring is 1. The maximum atomic E-state index is 13.0. The van der Waals surface area contributed by atoms with Gasteiger partial charge in [0.05, 0.1) is 27.5 Å². The van der Waals surface area contributed by atoms with Crippen LogP contribution in [-0.2, 0) is 6.18 Å². The summed E-state index contributed by atoms with van der Waals surface area (Å²) < 4.78 is 39.1. The third-order valence-corrected chi connectivity index (χ3v) is 4.87. The summed E-state index contributed by atoms with van der Waals surface area (Å²) in [6.07, 6.45) is -3.27. The Morgan fingerprint density at radius 1 is 0.935 bits per heavy atom. The molecule has 0 unspecified atom stereocenters. The Morgan fingerprint density at radius 2 is 1.65 bits per heavy atom. The summed E-state index contributed by atoms with van der Waals surface area (Å²) in [6.45, 7) is 1.89. The van der Waals surface area contributed by atoms with E-state index in [0.29, 0.717) is 5.69 Å². The fourth-order valence-corrected chi connectivity index (χ4v) is 3.16. The first-order valence-corrected chi connectivity index (χ1v) is 9.48. The third kappa shape index (κ3) is 4.31. The molecular weight excluding hydrogens is 429 g/mol. The molecule has 31 heavy (non-hydrogen) atoms. The number of alkyl halides is 3. The summed E-state index contributed by atoms with van der Waals surface area (Å²) in [5, 5.41) is 6.91. The highest BCUT2D eigenvalue weighted by molar-refractivity contribution is 6.33. The average molecular weight is 445 g/mol. The Bertz CT molecular complexity index is 1280. The van der Waals surface area contributed by atoms with Crippen molar-refractivity contribution in [2.45, 2.75) is 13.1 Å². The smallest absolute Gasteiger partial charge is 0.393 e. The highest BCUT2D eigenvalue weighted by Gasteiger charge is 2.31. The molecule has 2 heterocycles. The number of para-hydroxylation sites is 1. The highest BCUT2D eigenvalue weighted by Crippen LogP contribution is 2.36. The molecule has 4 rings (SSSR count). The van der Waals surface area contributed by atoms with Gasteiger partial charge >= 0.3 is 6.18 Å². The number of hydrogen-bond donors (Lipinski definition) is 3. The van der Waals surface area contributed by atoms with Crippen LogP contribution in [0.5, 0.6) is 0 Å². The van der Waals surface area contributed by atoms with Crippen LogP contribution in [0, 0.1) is 6.92 Å². The van der Waals surface area contributed by atoms with Crippen LogP contribution in [0.2, 0.25) is 5.02 Å². The number of aryl methyl sites for hydroxylation is 1. The topological polar surface area (TPSA) is 88.8 Å². The van der Waals surface area contributed by atoms with Gasteiger partial charge in [0, 0.05) is 11.1 Å². The largest absolute Gasteiger partial charge is 0.416 e. The van der Waals surface area contributed by atoms with E-state index in [2.05, 4.69) is 25.6 Å². The standard InChI is InChI=1S/C21H16ClF3N6/c1-11-5-6-12-3-2-4-15(18(12)29-11)30-19-17(26)20(28-10-27-19)31-16-9-13(21(23,24)25)7-8-14(16)22/h2-10H,26H2,1H3,(H2,27,28,30,31). The third-order valence-electron chi connectivity index (χ3n) is 4.54. The molecule has 0 saturated carbocycles. The minimum absolute atomic E-state index is 0.0234. The molecule has 0 fully saturated rings. The van der Waals surface area contributed by atoms with Gasteiger partial charge in [0.2, 0.25) is 0 Å². The van der Waals surface area contributed by atoms with Crippen molar-refractivity contribution in [3.8, 4) is 0 Å². The number of halogens is 4. The van der Waals surface area contributed by atoms with Crippen LogP contribution >= 0.6 is 11.6 Å². The molecule has 2 aromatic heterocycles. The molecule has 10 heteroatoms. The average Bonchev–Trinajstić information content (AvgIpc) is 2.72. The molecule has 0 amide bonds. The van der Waals surface area contributed by atoms with Gasteiger partial charge < -0.3 is 16.4 Å². The lowest BCUT2D eigenvalue weighted by atomic mass is 10.1. The maximum absolute atomic E-state index is 13.0. The van der Waals surface area contributed by atoms with Crippen LogP contribution in [0.15, 0.2) is 54.9 Å². The summed E-state index contributed by atoms with van der Waals surface area (Å²) >= 11 is 6.06. The molecule has 4 N–H and O–H groups in total. The molecule has 4 aromatic rings. The highest BCUT2D eigenvalue weighted by atomic mass is 35.5. The van der Waals surface area contributed by atoms with Crippen LogP contribution in [0.25, 0.3) is 10.9 Å². The number of nitrogens with zero attached hydrogens (tertiary/aromatic N) is 3. The summed E-state index contributed by atoms with van der Waals surface area (Å²) in [5.41, 5.74) is 7.74. The first kappa shape index (κ1) is 20.7. The van der Waals surface area contributed by atoms with Gasteiger partial charge in [-0.2, -0.15) is 13.2 Å². The number of fused-ring (bicyclic) bond motifs is 1. The zero-order valence-corrected chi connectivity index (χ0v) is 16.9. The van der Waals surface area contributed by atoms with Crippen molar-refractivity contribution in [2.75, 3.05) is 16.4 Å². The Morgan fingerprint density at radius 3 is 2.35 bits per heavy atom. The number of nitrogens with two attached hydrogens (primary N) is 1. The van der Waals surface area contributed by atoms with E-state index in [0.717, 1.165) is 34.8 Å². The van der Waals surface area contributed by atoms with Gasteiger partial charge in [-0.1, -0.05) is 29.8 Å². The number of nitrogens with one attached hydrogen (secondary N) is 2. The van der Waals surface area contributed by atoms with Crippen LogP contribution < -0.4 is 16.4 Å². The number of anilines is 5. The van der Waals surface area contributed by atoms with E-state index < -0.39 is 11.7 Å². The number of pyridine rings is 1. The first-order valence-electron chi connectivity index (χ1n) is 9.10. The monoisotopic (exact) mass is 444 g/mol. The van der Waals surface area contributed by atoms with E-state index >= 15 is 0 Å². The molecule has 0 bridgehead atoms. The Kier molecular flexibility index (Phi) is 5.28. The summed E-state index contributed by atoms with van der Waals surface area (Å²) in [5.74, 6) is 0.388. The molecule has 0 saturated heterocycles. The van der Waals surface area contributed by atoms with Crippen LogP contribution in [0.4, 0.5) is 41.9 Å². The lowest BCUT2D eigenvalue weighted by Gasteiger charge is -2.15. The fraction of sp³-hybridized carbons (Fsp3) is 0.0952. The van der Waals surface area contributed by atoms with Gasteiger partial charge in [-0.25, -0.2) is 9.97 Å². The maximum Gasteiger partial charge on any atom is 0.416 e. The van der Waals surface area contributed by atoms with Crippen molar-refractivity contribution in [2.24, 2.45) is 0 Å². The molecule has 0 aliphatic rings.